The van der Waals surface area contributed by atoms with E-state index in [0.29, 0.717) is 41.0 Å². The number of fused-ring (bicyclic) bond motifs is 1. The van der Waals surface area contributed by atoms with Gasteiger partial charge in [-0.1, -0.05) is 37.6 Å². The molecule has 1 aliphatic rings. The van der Waals surface area contributed by atoms with Crippen molar-refractivity contribution in [1.82, 2.24) is 0 Å². The minimum atomic E-state index is -3.71. The second-order valence-electron chi connectivity index (χ2n) is 6.74. The Balaban J connectivity index is 1.56. The fourth-order valence-corrected chi connectivity index (χ4v) is 3.61. The molecule has 0 spiro atoms. The number of nitrogens with one attached hydrogen (secondary N) is 1. The van der Waals surface area contributed by atoms with Gasteiger partial charge in [-0.25, -0.2) is 0 Å². The van der Waals surface area contributed by atoms with Crippen LogP contribution in [0, 0.1) is 0 Å². The monoisotopic (exact) mass is 433 g/mol. The van der Waals surface area contributed by atoms with Gasteiger partial charge in [0.25, 0.3) is 5.91 Å². The minimum absolute atomic E-state index is 0.0871. The Hall–Kier alpha value is -3.06. The van der Waals surface area contributed by atoms with Gasteiger partial charge in [-0.05, 0) is 30.2 Å². The number of hydrogen-bond acceptors (Lipinski definition) is 4. The van der Waals surface area contributed by atoms with Crippen molar-refractivity contribution in [2.45, 2.75) is 33.0 Å². The third-order valence-electron chi connectivity index (χ3n) is 4.82. The van der Waals surface area contributed by atoms with E-state index < -0.39 is 6.29 Å². The van der Waals surface area contributed by atoms with Crippen LogP contribution in [0.3, 0.4) is 0 Å². The van der Waals surface area contributed by atoms with E-state index in [4.69, 9.17) is 16.0 Å². The molecular formula is C22H18ClF2NO4. The zero-order valence-corrected chi connectivity index (χ0v) is 17.0. The molecule has 156 valence electrons. The van der Waals surface area contributed by atoms with Gasteiger partial charge >= 0.3 is 6.29 Å². The first-order valence-electron chi connectivity index (χ1n) is 9.41. The molecule has 3 aromatic rings. The molecule has 0 saturated heterocycles. The number of hydrogen-bond donors (Lipinski definition) is 1. The summed E-state index contributed by atoms with van der Waals surface area (Å²) >= 11 is 6.23. The number of aryl methyl sites for hydroxylation is 2. The second-order valence-corrected chi connectivity index (χ2v) is 7.15. The van der Waals surface area contributed by atoms with Crippen LogP contribution in [-0.4, -0.2) is 12.2 Å². The molecule has 30 heavy (non-hydrogen) atoms. The number of halogens is 3. The van der Waals surface area contributed by atoms with E-state index in [9.17, 15) is 13.6 Å². The molecule has 0 fully saturated rings. The van der Waals surface area contributed by atoms with Crippen molar-refractivity contribution in [3.63, 3.8) is 0 Å². The first-order valence-corrected chi connectivity index (χ1v) is 9.79. The summed E-state index contributed by atoms with van der Waals surface area (Å²) in [5.41, 5.74) is 3.17. The SMILES string of the molecule is CCc1coc(CC)c1C(=O)Nc1ccc(-c2cc3c(cc2Cl)OC(F)(F)O3)cc1. The van der Waals surface area contributed by atoms with Crippen molar-refractivity contribution in [3.8, 4) is 22.6 Å². The lowest BCUT2D eigenvalue weighted by atomic mass is 10.0. The van der Waals surface area contributed by atoms with Crippen LogP contribution in [0.15, 0.2) is 47.1 Å². The lowest BCUT2D eigenvalue weighted by Gasteiger charge is -2.09. The number of anilines is 1. The second kappa shape index (κ2) is 7.65. The van der Waals surface area contributed by atoms with Crippen LogP contribution in [0.4, 0.5) is 14.5 Å². The number of furan rings is 1. The normalized spacial score (nSPS) is 14.0. The van der Waals surface area contributed by atoms with Crippen LogP contribution in [0.5, 0.6) is 11.5 Å². The molecule has 0 atom stereocenters. The van der Waals surface area contributed by atoms with Gasteiger partial charge in [-0.3, -0.25) is 4.79 Å². The number of benzene rings is 2. The van der Waals surface area contributed by atoms with Gasteiger partial charge in [0, 0.05) is 29.3 Å². The van der Waals surface area contributed by atoms with Crippen molar-refractivity contribution in [1.29, 1.82) is 0 Å². The third-order valence-corrected chi connectivity index (χ3v) is 5.13. The number of carbonyl (C=O) groups excluding carboxylic acids is 1. The van der Waals surface area contributed by atoms with Gasteiger partial charge in [0.1, 0.15) is 5.76 Å². The molecule has 1 amide bonds. The van der Waals surface area contributed by atoms with Crippen molar-refractivity contribution < 1.29 is 27.5 Å². The van der Waals surface area contributed by atoms with E-state index in [2.05, 4.69) is 14.8 Å². The topological polar surface area (TPSA) is 60.7 Å². The van der Waals surface area contributed by atoms with Gasteiger partial charge in [0.05, 0.1) is 16.8 Å². The van der Waals surface area contributed by atoms with Crippen LogP contribution >= 0.6 is 11.6 Å². The first-order chi connectivity index (χ1) is 14.3. The third kappa shape index (κ3) is 3.73. The maximum Gasteiger partial charge on any atom is 0.586 e. The average molecular weight is 434 g/mol. The molecule has 8 heteroatoms. The zero-order valence-electron chi connectivity index (χ0n) is 16.2. The van der Waals surface area contributed by atoms with Crippen molar-refractivity contribution in [2.75, 3.05) is 5.32 Å². The summed E-state index contributed by atoms with van der Waals surface area (Å²) in [6.45, 7) is 3.88. The molecule has 2 heterocycles. The summed E-state index contributed by atoms with van der Waals surface area (Å²) in [6.07, 6.45) is -0.793. The van der Waals surface area contributed by atoms with Gasteiger partial charge in [-0.2, -0.15) is 0 Å². The predicted molar refractivity (Wildman–Crippen MR) is 109 cm³/mol. The van der Waals surface area contributed by atoms with Crippen molar-refractivity contribution in [3.05, 3.63) is 64.6 Å². The van der Waals surface area contributed by atoms with E-state index >= 15 is 0 Å². The van der Waals surface area contributed by atoms with E-state index in [-0.39, 0.29) is 22.4 Å². The highest BCUT2D eigenvalue weighted by Gasteiger charge is 2.43. The maximum atomic E-state index is 13.3. The molecule has 0 aliphatic carbocycles. The highest BCUT2D eigenvalue weighted by atomic mass is 35.5. The van der Waals surface area contributed by atoms with Crippen molar-refractivity contribution >= 4 is 23.2 Å². The fraction of sp³-hybridized carbons (Fsp3) is 0.227. The lowest BCUT2D eigenvalue weighted by Crippen LogP contribution is -2.25. The zero-order chi connectivity index (χ0) is 21.5. The van der Waals surface area contributed by atoms with Gasteiger partial charge in [0.2, 0.25) is 0 Å². The average Bonchev–Trinajstić information content (AvgIpc) is 3.26. The molecule has 1 aliphatic heterocycles. The van der Waals surface area contributed by atoms with Gasteiger partial charge < -0.3 is 19.2 Å². The van der Waals surface area contributed by atoms with E-state index in [1.807, 2.05) is 13.8 Å². The quantitative estimate of drug-likeness (QED) is 0.513. The summed E-state index contributed by atoms with van der Waals surface area (Å²) in [5.74, 6) is 0.200. The maximum absolute atomic E-state index is 13.3. The molecule has 1 aromatic heterocycles. The molecule has 2 aromatic carbocycles. The largest absolute Gasteiger partial charge is 0.586 e. The molecular weight excluding hydrogens is 416 g/mol. The number of amides is 1. The van der Waals surface area contributed by atoms with Gasteiger partial charge in [0.15, 0.2) is 11.5 Å². The Labute approximate surface area is 176 Å². The smallest absolute Gasteiger partial charge is 0.468 e. The molecule has 5 nitrogen and oxygen atoms in total. The summed E-state index contributed by atoms with van der Waals surface area (Å²) < 4.78 is 40.9. The van der Waals surface area contributed by atoms with Crippen LogP contribution in [0.1, 0.15) is 35.5 Å². The van der Waals surface area contributed by atoms with Crippen LogP contribution in [0.2, 0.25) is 5.02 Å². The Bertz CT molecular complexity index is 1090. The van der Waals surface area contributed by atoms with Crippen molar-refractivity contribution in [2.24, 2.45) is 0 Å². The number of ether oxygens (including phenoxy) is 2. The summed E-state index contributed by atoms with van der Waals surface area (Å²) in [5, 5.41) is 3.10. The number of alkyl halides is 2. The summed E-state index contributed by atoms with van der Waals surface area (Å²) in [6, 6.07) is 9.57. The van der Waals surface area contributed by atoms with E-state index in [1.54, 1.807) is 30.5 Å². The number of carbonyl (C=O) groups is 1. The Kier molecular flexibility index (Phi) is 5.15. The molecule has 0 radical (unpaired) electrons. The standard InChI is InChI=1S/C22H18ClF2NO4/c1-3-12-11-28-17(4-2)20(12)21(27)26-14-7-5-13(6-8-14)15-9-18-19(10-16(15)23)30-22(24,25)29-18/h5-11H,3-4H2,1-2H3,(H,26,27). The number of rotatable bonds is 5. The minimum Gasteiger partial charge on any atom is -0.468 e. The Morgan fingerprint density at radius 1 is 1.07 bits per heavy atom. The molecule has 0 unspecified atom stereocenters. The lowest BCUT2D eigenvalue weighted by molar-refractivity contribution is -0.286. The molecule has 0 bridgehead atoms. The van der Waals surface area contributed by atoms with E-state index in [1.165, 1.54) is 12.1 Å². The fourth-order valence-electron chi connectivity index (χ4n) is 3.35. The molecule has 4 rings (SSSR count). The highest BCUT2D eigenvalue weighted by molar-refractivity contribution is 6.33. The predicted octanol–water partition coefficient (Wildman–Crippen LogP) is 6.30. The Morgan fingerprint density at radius 2 is 1.73 bits per heavy atom. The van der Waals surface area contributed by atoms with Crippen LogP contribution in [-0.2, 0) is 12.8 Å². The summed E-state index contributed by atoms with van der Waals surface area (Å²) in [4.78, 5) is 12.7. The first kappa shape index (κ1) is 20.2. The van der Waals surface area contributed by atoms with Gasteiger partial charge in [-0.15, -0.1) is 8.78 Å². The van der Waals surface area contributed by atoms with Crippen LogP contribution in [0.25, 0.3) is 11.1 Å². The van der Waals surface area contributed by atoms with Crippen LogP contribution < -0.4 is 14.8 Å². The molecule has 1 N–H and O–H groups in total. The highest BCUT2D eigenvalue weighted by Crippen LogP contribution is 2.46. The summed E-state index contributed by atoms with van der Waals surface area (Å²) in [7, 11) is 0. The molecule has 0 saturated carbocycles. The Morgan fingerprint density at radius 3 is 2.37 bits per heavy atom. The van der Waals surface area contributed by atoms with E-state index in [0.717, 1.165) is 5.56 Å².